The van der Waals surface area contributed by atoms with Crippen LogP contribution >= 0.6 is 35.7 Å². The molecular formula is C17H14N2Na2O6S4. The fourth-order valence-corrected chi connectivity index (χ4v) is 5.50. The van der Waals surface area contributed by atoms with E-state index in [1.165, 1.54) is 11.8 Å². The number of fused-ring (bicyclic) bond motifs is 1. The van der Waals surface area contributed by atoms with Gasteiger partial charge in [-0.2, -0.15) is 0 Å². The molecule has 1 amide bonds. The second kappa shape index (κ2) is 12.6. The van der Waals surface area contributed by atoms with Crippen LogP contribution in [0.3, 0.4) is 0 Å². The first-order chi connectivity index (χ1) is 13.7. The van der Waals surface area contributed by atoms with E-state index in [1.807, 2.05) is 29.2 Å². The minimum absolute atomic E-state index is 0. The molecule has 0 atom stereocenters. The Hall–Kier alpha value is 0.140. The van der Waals surface area contributed by atoms with Crippen molar-refractivity contribution in [2.24, 2.45) is 0 Å². The Morgan fingerprint density at radius 2 is 1.81 bits per heavy atom. The molecule has 2 aliphatic rings. The Kier molecular flexibility index (Phi) is 11.8. The molecule has 31 heavy (non-hydrogen) atoms. The number of nitrogens with zero attached hydrogens (tertiary/aromatic N) is 2. The summed E-state index contributed by atoms with van der Waals surface area (Å²) < 4.78 is 32.8. The van der Waals surface area contributed by atoms with Gasteiger partial charge in [0.25, 0.3) is 5.91 Å². The minimum Gasteiger partial charge on any atom is -0.748 e. The fraction of sp³-hybridized carbons (Fsp3) is 0.235. The Balaban J connectivity index is 0.00000240. The Labute approximate surface area is 238 Å². The predicted octanol–water partition coefficient (Wildman–Crippen LogP) is -5.12. The average molecular weight is 517 g/mol. The third kappa shape index (κ3) is 7.85. The standard InChI is InChI=1S/C17H16N2O6S4.2Na/c20-15(21)10-19-16(22)13(28-17(19)26)6-7-14-18(8-3-9-29(23,24)25)11-4-1-2-5-12(11)27-14;;/h1-2,4-7H,3,8-10H2,(H,20,21)(H,23,24,25);;/q;2*+1/p-2/b13-6-,14-7+;;. The van der Waals surface area contributed by atoms with Gasteiger partial charge in [0.2, 0.25) is 0 Å². The molecule has 154 valence electrons. The summed E-state index contributed by atoms with van der Waals surface area (Å²) in [4.78, 5) is 27.2. The summed E-state index contributed by atoms with van der Waals surface area (Å²) in [7, 11) is -4.30. The largest absolute Gasteiger partial charge is 1.00 e. The van der Waals surface area contributed by atoms with Crippen LogP contribution in [0.5, 0.6) is 0 Å². The van der Waals surface area contributed by atoms with Gasteiger partial charge in [0.15, 0.2) is 0 Å². The van der Waals surface area contributed by atoms with Crippen LogP contribution in [-0.2, 0) is 19.7 Å². The molecule has 1 aromatic carbocycles. The Bertz CT molecular complexity index is 1040. The first kappa shape index (κ1) is 29.2. The summed E-state index contributed by atoms with van der Waals surface area (Å²) in [6.07, 6.45) is 3.41. The van der Waals surface area contributed by atoms with Gasteiger partial charge in [-0.15, -0.1) is 0 Å². The molecule has 3 rings (SSSR count). The summed E-state index contributed by atoms with van der Waals surface area (Å²) >= 11 is 7.49. The maximum atomic E-state index is 12.3. The van der Waals surface area contributed by atoms with Gasteiger partial charge < -0.3 is 19.4 Å². The van der Waals surface area contributed by atoms with Crippen LogP contribution in [0.4, 0.5) is 5.69 Å². The smallest absolute Gasteiger partial charge is 0.748 e. The van der Waals surface area contributed by atoms with Crippen molar-refractivity contribution in [2.45, 2.75) is 11.3 Å². The van der Waals surface area contributed by atoms with Gasteiger partial charge >= 0.3 is 59.1 Å². The second-order valence-electron chi connectivity index (χ2n) is 6.00. The second-order valence-corrected chi connectivity index (χ2v) is 10.3. The third-order valence-corrected chi connectivity index (χ3v) is 7.27. The molecule has 0 N–H and O–H groups in total. The van der Waals surface area contributed by atoms with E-state index in [9.17, 15) is 27.7 Å². The third-order valence-electron chi connectivity index (χ3n) is 3.95. The first-order valence-electron chi connectivity index (χ1n) is 8.29. The zero-order valence-corrected chi connectivity index (χ0v) is 24.0. The quantitative estimate of drug-likeness (QED) is 0.151. The van der Waals surface area contributed by atoms with Crippen LogP contribution in [0.1, 0.15) is 6.42 Å². The molecule has 14 heteroatoms. The molecule has 1 fully saturated rings. The van der Waals surface area contributed by atoms with Gasteiger partial charge in [0.05, 0.1) is 38.3 Å². The van der Waals surface area contributed by atoms with Crippen molar-refractivity contribution in [3.8, 4) is 0 Å². The van der Waals surface area contributed by atoms with Crippen LogP contribution in [0, 0.1) is 0 Å². The summed E-state index contributed by atoms with van der Waals surface area (Å²) in [6, 6.07) is 7.52. The zero-order valence-electron chi connectivity index (χ0n) is 16.8. The molecule has 0 saturated carbocycles. The maximum absolute atomic E-state index is 12.3. The number of aliphatic carboxylic acids is 1. The Morgan fingerprint density at radius 3 is 2.45 bits per heavy atom. The number of carbonyl (C=O) groups is 2. The number of thioether (sulfide) groups is 2. The first-order valence-corrected chi connectivity index (χ1v) is 11.9. The molecule has 0 aromatic heterocycles. The fourth-order valence-electron chi connectivity index (χ4n) is 2.73. The van der Waals surface area contributed by atoms with Crippen LogP contribution in [-0.4, -0.2) is 52.9 Å². The van der Waals surface area contributed by atoms with Crippen molar-refractivity contribution in [2.75, 3.05) is 23.7 Å². The molecule has 0 unspecified atom stereocenters. The summed E-state index contributed by atoms with van der Waals surface area (Å²) in [5.41, 5.74) is 0.880. The van der Waals surface area contributed by atoms with E-state index < -0.39 is 34.3 Å². The monoisotopic (exact) mass is 516 g/mol. The van der Waals surface area contributed by atoms with E-state index in [0.717, 1.165) is 32.3 Å². The number of para-hydroxylation sites is 1. The number of rotatable bonds is 7. The van der Waals surface area contributed by atoms with Gasteiger partial charge in [-0.05, 0) is 30.7 Å². The van der Waals surface area contributed by atoms with E-state index in [0.29, 0.717) is 6.54 Å². The summed E-state index contributed by atoms with van der Waals surface area (Å²) in [5.74, 6) is -2.38. The average Bonchev–Trinajstić information content (AvgIpc) is 3.11. The SMILES string of the molecule is O=C([O-])CN1C(=O)/C(=C/C=C2/Sc3ccccc3N2CCCS(=O)(=O)[O-])SC1=S.[Na+].[Na+]. The van der Waals surface area contributed by atoms with Gasteiger partial charge in [0, 0.05) is 17.2 Å². The van der Waals surface area contributed by atoms with E-state index >= 15 is 0 Å². The maximum Gasteiger partial charge on any atom is 1.00 e. The van der Waals surface area contributed by atoms with E-state index in [2.05, 4.69) is 0 Å². The number of allylic oxidation sites excluding steroid dienone is 2. The van der Waals surface area contributed by atoms with Crippen LogP contribution < -0.4 is 69.1 Å². The number of hydrogen-bond donors (Lipinski definition) is 0. The molecule has 0 bridgehead atoms. The topological polar surface area (TPSA) is 121 Å². The molecular weight excluding hydrogens is 502 g/mol. The molecule has 2 heterocycles. The normalized spacial score (nSPS) is 18.2. The van der Waals surface area contributed by atoms with E-state index in [1.54, 1.807) is 12.2 Å². The van der Waals surface area contributed by atoms with Gasteiger partial charge in [0.1, 0.15) is 4.32 Å². The Morgan fingerprint density at radius 1 is 1.13 bits per heavy atom. The number of carboxylic acid groups (broad SMARTS) is 1. The number of amides is 1. The van der Waals surface area contributed by atoms with Crippen LogP contribution in [0.15, 0.2) is 51.2 Å². The number of hydrogen-bond acceptors (Lipinski definition) is 10. The van der Waals surface area contributed by atoms with E-state index in [-0.39, 0.29) is 74.8 Å². The van der Waals surface area contributed by atoms with Crippen molar-refractivity contribution in [1.29, 1.82) is 0 Å². The molecule has 1 aromatic rings. The number of anilines is 1. The predicted molar refractivity (Wildman–Crippen MR) is 112 cm³/mol. The zero-order chi connectivity index (χ0) is 21.2. The van der Waals surface area contributed by atoms with Crippen molar-refractivity contribution >= 4 is 67.7 Å². The molecule has 8 nitrogen and oxygen atoms in total. The van der Waals surface area contributed by atoms with Crippen molar-refractivity contribution < 1.29 is 86.8 Å². The molecule has 0 radical (unpaired) electrons. The summed E-state index contributed by atoms with van der Waals surface area (Å²) in [6.45, 7) is -0.286. The van der Waals surface area contributed by atoms with Crippen molar-refractivity contribution in [3.63, 3.8) is 0 Å². The molecule has 0 aliphatic carbocycles. The number of carbonyl (C=O) groups excluding carboxylic acids is 2. The van der Waals surface area contributed by atoms with E-state index in [4.69, 9.17) is 12.2 Å². The summed E-state index contributed by atoms with van der Waals surface area (Å²) in [5, 5.41) is 11.5. The van der Waals surface area contributed by atoms with Crippen molar-refractivity contribution in [1.82, 2.24) is 4.90 Å². The van der Waals surface area contributed by atoms with Gasteiger partial charge in [-0.1, -0.05) is 47.9 Å². The molecule has 2 aliphatic heterocycles. The van der Waals surface area contributed by atoms with Gasteiger partial charge in [-0.3, -0.25) is 9.69 Å². The number of carboxylic acids is 1. The molecule has 1 saturated heterocycles. The minimum atomic E-state index is -4.30. The van der Waals surface area contributed by atoms with Gasteiger partial charge in [-0.25, -0.2) is 8.42 Å². The number of benzene rings is 1. The van der Waals surface area contributed by atoms with Crippen molar-refractivity contribution in [3.05, 3.63) is 46.4 Å². The number of thiocarbonyl (C=S) groups is 1. The van der Waals surface area contributed by atoms with Crippen LogP contribution in [0.25, 0.3) is 0 Å². The van der Waals surface area contributed by atoms with Crippen LogP contribution in [0.2, 0.25) is 0 Å². The molecule has 0 spiro atoms.